The van der Waals surface area contributed by atoms with E-state index in [4.69, 9.17) is 4.74 Å². The number of hydrogen-bond acceptors (Lipinski definition) is 2. The molecule has 0 N–H and O–H groups in total. The first-order valence-electron chi connectivity index (χ1n) is 7.23. The number of carbonyl (C=O) groups excluding carboxylic acids is 1. The molecule has 0 heterocycles. The van der Waals surface area contributed by atoms with Crippen LogP contribution in [0.2, 0.25) is 0 Å². The van der Waals surface area contributed by atoms with E-state index in [2.05, 4.69) is 26.8 Å². The second-order valence-electron chi connectivity index (χ2n) is 6.51. The van der Waals surface area contributed by atoms with E-state index in [0.29, 0.717) is 0 Å². The molecule has 0 atom stereocenters. The average Bonchev–Trinajstić information content (AvgIpc) is 2.89. The van der Waals surface area contributed by atoms with Crippen LogP contribution in [-0.2, 0) is 10.2 Å². The summed E-state index contributed by atoms with van der Waals surface area (Å²) in [6.07, 6.45) is 4.47. The molecule has 1 fully saturated rings. The predicted octanol–water partition coefficient (Wildman–Crippen LogP) is 4.12. The van der Waals surface area contributed by atoms with Crippen molar-refractivity contribution in [2.75, 3.05) is 6.61 Å². The SMILES string of the molecule is CC(C)(C)c1cccc(OCC(=O)C2CCCC2)c1. The van der Waals surface area contributed by atoms with Gasteiger partial charge in [-0.2, -0.15) is 0 Å². The fourth-order valence-electron chi connectivity index (χ4n) is 2.57. The number of ketones is 1. The summed E-state index contributed by atoms with van der Waals surface area (Å²) in [5.41, 5.74) is 1.34. The summed E-state index contributed by atoms with van der Waals surface area (Å²) < 4.78 is 5.67. The summed E-state index contributed by atoms with van der Waals surface area (Å²) in [5, 5.41) is 0. The van der Waals surface area contributed by atoms with Gasteiger partial charge in [0.25, 0.3) is 0 Å². The first-order valence-corrected chi connectivity index (χ1v) is 7.23. The topological polar surface area (TPSA) is 26.3 Å². The highest BCUT2D eigenvalue weighted by molar-refractivity contribution is 5.82. The van der Waals surface area contributed by atoms with Crippen molar-refractivity contribution < 1.29 is 9.53 Å². The number of benzene rings is 1. The van der Waals surface area contributed by atoms with Crippen LogP contribution in [0.15, 0.2) is 24.3 Å². The monoisotopic (exact) mass is 260 g/mol. The van der Waals surface area contributed by atoms with Gasteiger partial charge in [0.2, 0.25) is 0 Å². The fourth-order valence-corrected chi connectivity index (χ4v) is 2.57. The smallest absolute Gasteiger partial charge is 0.173 e. The Labute approximate surface area is 116 Å². The molecule has 1 aliphatic carbocycles. The normalized spacial score (nSPS) is 16.6. The minimum atomic E-state index is 0.106. The number of Topliss-reactive ketones (excluding diaryl/α,β-unsaturated/α-hetero) is 1. The molecule has 1 aliphatic rings. The van der Waals surface area contributed by atoms with Gasteiger partial charge < -0.3 is 4.74 Å². The van der Waals surface area contributed by atoms with E-state index in [-0.39, 0.29) is 23.7 Å². The first-order chi connectivity index (χ1) is 8.97. The van der Waals surface area contributed by atoms with Crippen LogP contribution in [0.5, 0.6) is 5.75 Å². The molecule has 104 valence electrons. The van der Waals surface area contributed by atoms with E-state index in [9.17, 15) is 4.79 Å². The fraction of sp³-hybridized carbons (Fsp3) is 0.588. The van der Waals surface area contributed by atoms with Crippen molar-refractivity contribution in [1.29, 1.82) is 0 Å². The lowest BCUT2D eigenvalue weighted by Crippen LogP contribution is -2.19. The lowest BCUT2D eigenvalue weighted by molar-refractivity contribution is -0.124. The standard InChI is InChI=1S/C17H24O2/c1-17(2,3)14-9-6-10-15(11-14)19-12-16(18)13-7-4-5-8-13/h6,9-11,13H,4-5,7-8,12H2,1-3H3. The van der Waals surface area contributed by atoms with Gasteiger partial charge in [-0.1, -0.05) is 45.7 Å². The number of carbonyl (C=O) groups is 1. The highest BCUT2D eigenvalue weighted by atomic mass is 16.5. The van der Waals surface area contributed by atoms with Gasteiger partial charge in [-0.25, -0.2) is 0 Å². The van der Waals surface area contributed by atoms with E-state index in [0.717, 1.165) is 18.6 Å². The maximum Gasteiger partial charge on any atom is 0.173 e. The highest BCUT2D eigenvalue weighted by Crippen LogP contribution is 2.27. The van der Waals surface area contributed by atoms with Crippen LogP contribution in [-0.4, -0.2) is 12.4 Å². The van der Waals surface area contributed by atoms with E-state index in [1.165, 1.54) is 18.4 Å². The molecule has 2 heteroatoms. The van der Waals surface area contributed by atoms with Gasteiger partial charge in [0, 0.05) is 5.92 Å². The molecule has 0 amide bonds. The van der Waals surface area contributed by atoms with Crippen molar-refractivity contribution in [3.63, 3.8) is 0 Å². The Morgan fingerprint density at radius 3 is 2.58 bits per heavy atom. The third-order valence-corrected chi connectivity index (χ3v) is 3.89. The Kier molecular flexibility index (Phi) is 4.28. The van der Waals surface area contributed by atoms with Crippen molar-refractivity contribution in [2.45, 2.75) is 51.9 Å². The molecular weight excluding hydrogens is 236 g/mol. The molecule has 0 radical (unpaired) electrons. The summed E-state index contributed by atoms with van der Waals surface area (Å²) >= 11 is 0. The van der Waals surface area contributed by atoms with E-state index in [1.54, 1.807) is 0 Å². The Morgan fingerprint density at radius 2 is 1.95 bits per heavy atom. The van der Waals surface area contributed by atoms with Crippen molar-refractivity contribution in [1.82, 2.24) is 0 Å². The van der Waals surface area contributed by atoms with Crippen LogP contribution in [0.3, 0.4) is 0 Å². The first kappa shape index (κ1) is 14.1. The zero-order valence-corrected chi connectivity index (χ0v) is 12.2. The van der Waals surface area contributed by atoms with Gasteiger partial charge in [0.1, 0.15) is 12.4 Å². The average molecular weight is 260 g/mol. The zero-order chi connectivity index (χ0) is 13.9. The number of rotatable bonds is 4. The van der Waals surface area contributed by atoms with Crippen LogP contribution in [0.4, 0.5) is 0 Å². The Hall–Kier alpha value is -1.31. The van der Waals surface area contributed by atoms with Crippen molar-refractivity contribution in [3.8, 4) is 5.75 Å². The van der Waals surface area contributed by atoms with Crippen molar-refractivity contribution in [2.24, 2.45) is 5.92 Å². The van der Waals surface area contributed by atoms with Crippen LogP contribution in [0, 0.1) is 5.92 Å². The van der Waals surface area contributed by atoms with Crippen LogP contribution in [0.1, 0.15) is 52.0 Å². The Bertz CT molecular complexity index is 437. The molecule has 0 saturated heterocycles. The Morgan fingerprint density at radius 1 is 1.26 bits per heavy atom. The van der Waals surface area contributed by atoms with Gasteiger partial charge in [-0.15, -0.1) is 0 Å². The molecule has 19 heavy (non-hydrogen) atoms. The summed E-state index contributed by atoms with van der Waals surface area (Å²) in [4.78, 5) is 12.0. The van der Waals surface area contributed by atoms with Gasteiger partial charge in [-0.05, 0) is 36.0 Å². The van der Waals surface area contributed by atoms with Crippen molar-refractivity contribution >= 4 is 5.78 Å². The molecule has 1 aromatic rings. The molecule has 0 bridgehead atoms. The van der Waals surface area contributed by atoms with Gasteiger partial charge in [0.05, 0.1) is 0 Å². The van der Waals surface area contributed by atoms with Gasteiger partial charge in [0.15, 0.2) is 5.78 Å². The summed E-state index contributed by atoms with van der Waals surface area (Å²) in [7, 11) is 0. The molecule has 2 nitrogen and oxygen atoms in total. The summed E-state index contributed by atoms with van der Waals surface area (Å²) in [6, 6.07) is 8.07. The molecule has 0 aromatic heterocycles. The lowest BCUT2D eigenvalue weighted by atomic mass is 9.87. The van der Waals surface area contributed by atoms with Crippen LogP contribution in [0.25, 0.3) is 0 Å². The number of hydrogen-bond donors (Lipinski definition) is 0. The molecule has 0 unspecified atom stereocenters. The lowest BCUT2D eigenvalue weighted by Gasteiger charge is -2.19. The van der Waals surface area contributed by atoms with E-state index in [1.807, 2.05) is 18.2 Å². The van der Waals surface area contributed by atoms with E-state index >= 15 is 0 Å². The molecule has 2 rings (SSSR count). The minimum Gasteiger partial charge on any atom is -0.486 e. The quantitative estimate of drug-likeness (QED) is 0.814. The van der Waals surface area contributed by atoms with Crippen molar-refractivity contribution in [3.05, 3.63) is 29.8 Å². The molecule has 1 aromatic carbocycles. The zero-order valence-electron chi connectivity index (χ0n) is 12.2. The highest BCUT2D eigenvalue weighted by Gasteiger charge is 2.23. The third-order valence-electron chi connectivity index (χ3n) is 3.89. The molecule has 0 spiro atoms. The second kappa shape index (κ2) is 5.77. The maximum atomic E-state index is 12.0. The minimum absolute atomic E-state index is 0.106. The van der Waals surface area contributed by atoms with Crippen LogP contribution < -0.4 is 4.74 Å². The largest absolute Gasteiger partial charge is 0.486 e. The van der Waals surface area contributed by atoms with Gasteiger partial charge >= 0.3 is 0 Å². The molecule has 0 aliphatic heterocycles. The predicted molar refractivity (Wildman–Crippen MR) is 77.6 cm³/mol. The molecule has 1 saturated carbocycles. The summed E-state index contributed by atoms with van der Waals surface area (Å²) in [5.74, 6) is 1.31. The third kappa shape index (κ3) is 3.82. The molecular formula is C17H24O2. The van der Waals surface area contributed by atoms with Gasteiger partial charge in [-0.3, -0.25) is 4.79 Å². The Balaban J connectivity index is 1.94. The van der Waals surface area contributed by atoms with Crippen LogP contribution >= 0.6 is 0 Å². The maximum absolute atomic E-state index is 12.0. The summed E-state index contributed by atoms with van der Waals surface area (Å²) in [6.45, 7) is 6.75. The second-order valence-corrected chi connectivity index (χ2v) is 6.51. The van der Waals surface area contributed by atoms with E-state index < -0.39 is 0 Å². The number of ether oxygens (including phenoxy) is 1.